The number of hydrogen-bond acceptors (Lipinski definition) is 3. The van der Waals surface area contributed by atoms with Crippen molar-refractivity contribution < 1.29 is 0 Å². The summed E-state index contributed by atoms with van der Waals surface area (Å²) in [6.45, 7) is 9.73. The van der Waals surface area contributed by atoms with Gasteiger partial charge in [-0.2, -0.15) is 0 Å². The molecule has 4 nitrogen and oxygen atoms in total. The van der Waals surface area contributed by atoms with Crippen LogP contribution in [0.1, 0.15) is 26.5 Å². The first-order valence-corrected chi connectivity index (χ1v) is 6.67. The highest BCUT2D eigenvalue weighted by atomic mass is 79.9. The summed E-state index contributed by atoms with van der Waals surface area (Å²) < 4.78 is 2.17. The van der Waals surface area contributed by atoms with E-state index in [1.165, 1.54) is 0 Å². The SMILES string of the molecule is Cc1ncn(CCNC(C)C(C)C)c(=O)c1Br. The average Bonchev–Trinajstić information content (AvgIpc) is 2.28. The van der Waals surface area contributed by atoms with Crippen LogP contribution < -0.4 is 10.9 Å². The Morgan fingerprint density at radius 1 is 1.47 bits per heavy atom. The summed E-state index contributed by atoms with van der Waals surface area (Å²) in [5.74, 6) is 0.592. The molecular weight excluding hydrogens is 282 g/mol. The van der Waals surface area contributed by atoms with Crippen LogP contribution in [0.5, 0.6) is 0 Å². The van der Waals surface area contributed by atoms with Crippen molar-refractivity contribution >= 4 is 15.9 Å². The fourth-order valence-electron chi connectivity index (χ4n) is 1.35. The quantitative estimate of drug-likeness (QED) is 0.904. The summed E-state index contributed by atoms with van der Waals surface area (Å²) in [6.07, 6.45) is 1.60. The van der Waals surface area contributed by atoms with Gasteiger partial charge in [0.05, 0.1) is 12.0 Å². The average molecular weight is 302 g/mol. The predicted molar refractivity (Wildman–Crippen MR) is 73.2 cm³/mol. The molecule has 0 aliphatic rings. The molecule has 1 unspecified atom stereocenters. The molecule has 0 bridgehead atoms. The molecule has 1 rings (SSSR count). The van der Waals surface area contributed by atoms with Crippen molar-refractivity contribution in [1.29, 1.82) is 0 Å². The largest absolute Gasteiger partial charge is 0.312 e. The van der Waals surface area contributed by atoms with Gasteiger partial charge in [-0.25, -0.2) is 4.98 Å². The van der Waals surface area contributed by atoms with E-state index in [4.69, 9.17) is 0 Å². The minimum absolute atomic E-state index is 0.0171. The third-order valence-corrected chi connectivity index (χ3v) is 3.89. The number of halogens is 1. The van der Waals surface area contributed by atoms with Gasteiger partial charge in [0.2, 0.25) is 0 Å². The summed E-state index contributed by atoms with van der Waals surface area (Å²) in [5, 5.41) is 3.39. The molecule has 0 fully saturated rings. The Kier molecular flexibility index (Phi) is 5.33. The van der Waals surface area contributed by atoms with Gasteiger partial charge in [0, 0.05) is 19.1 Å². The first-order chi connectivity index (χ1) is 7.93. The molecule has 1 heterocycles. The van der Waals surface area contributed by atoms with Crippen LogP contribution in [-0.4, -0.2) is 22.1 Å². The molecular formula is C12H20BrN3O. The van der Waals surface area contributed by atoms with Gasteiger partial charge in [0.25, 0.3) is 5.56 Å². The van der Waals surface area contributed by atoms with E-state index < -0.39 is 0 Å². The third kappa shape index (κ3) is 3.92. The number of aromatic nitrogens is 2. The van der Waals surface area contributed by atoms with Gasteiger partial charge in [-0.15, -0.1) is 0 Å². The topological polar surface area (TPSA) is 46.9 Å². The zero-order valence-electron chi connectivity index (χ0n) is 10.8. The third-order valence-electron chi connectivity index (χ3n) is 2.98. The molecule has 1 aromatic heterocycles. The summed E-state index contributed by atoms with van der Waals surface area (Å²) >= 11 is 3.26. The highest BCUT2D eigenvalue weighted by molar-refractivity contribution is 9.10. The van der Waals surface area contributed by atoms with Gasteiger partial charge < -0.3 is 5.32 Å². The molecule has 1 N–H and O–H groups in total. The lowest BCUT2D eigenvalue weighted by molar-refractivity contribution is 0.414. The lowest BCUT2D eigenvalue weighted by Crippen LogP contribution is -2.35. The Bertz CT molecular complexity index is 428. The molecule has 0 spiro atoms. The number of hydrogen-bond donors (Lipinski definition) is 1. The molecule has 0 aliphatic heterocycles. The normalized spacial score (nSPS) is 13.1. The summed E-state index contributed by atoms with van der Waals surface area (Å²) in [4.78, 5) is 16.0. The van der Waals surface area contributed by atoms with E-state index in [1.807, 2.05) is 6.92 Å². The van der Waals surface area contributed by atoms with E-state index in [9.17, 15) is 4.79 Å². The number of rotatable bonds is 5. The minimum Gasteiger partial charge on any atom is -0.312 e. The molecule has 0 aromatic carbocycles. The van der Waals surface area contributed by atoms with E-state index in [-0.39, 0.29) is 5.56 Å². The Hall–Kier alpha value is -0.680. The van der Waals surface area contributed by atoms with Crippen molar-refractivity contribution in [3.8, 4) is 0 Å². The molecule has 0 radical (unpaired) electrons. The maximum atomic E-state index is 11.8. The van der Waals surface area contributed by atoms with Crippen molar-refractivity contribution in [2.45, 2.75) is 40.3 Å². The lowest BCUT2D eigenvalue weighted by Gasteiger charge is -2.17. The summed E-state index contributed by atoms with van der Waals surface area (Å²) in [5.41, 5.74) is 0.714. The second kappa shape index (κ2) is 6.31. The van der Waals surface area contributed by atoms with Gasteiger partial charge in [0.1, 0.15) is 4.47 Å². The van der Waals surface area contributed by atoms with Crippen LogP contribution in [0.15, 0.2) is 15.6 Å². The molecule has 5 heteroatoms. The lowest BCUT2D eigenvalue weighted by atomic mass is 10.1. The maximum absolute atomic E-state index is 11.8. The van der Waals surface area contributed by atoms with Crippen molar-refractivity contribution in [3.63, 3.8) is 0 Å². The van der Waals surface area contributed by atoms with E-state index in [0.717, 1.165) is 12.2 Å². The van der Waals surface area contributed by atoms with E-state index in [2.05, 4.69) is 47.0 Å². The van der Waals surface area contributed by atoms with Crippen LogP contribution >= 0.6 is 15.9 Å². The van der Waals surface area contributed by atoms with Crippen molar-refractivity contribution in [3.05, 3.63) is 26.8 Å². The molecule has 0 aliphatic carbocycles. The molecule has 17 heavy (non-hydrogen) atoms. The highest BCUT2D eigenvalue weighted by Gasteiger charge is 2.07. The number of nitrogens with one attached hydrogen (secondary N) is 1. The molecule has 96 valence electrons. The second-order valence-electron chi connectivity index (χ2n) is 4.63. The van der Waals surface area contributed by atoms with E-state index in [1.54, 1.807) is 10.9 Å². The van der Waals surface area contributed by atoms with Gasteiger partial charge in [-0.3, -0.25) is 9.36 Å². The van der Waals surface area contributed by atoms with Gasteiger partial charge in [-0.05, 0) is 35.7 Å². The monoisotopic (exact) mass is 301 g/mol. The zero-order chi connectivity index (χ0) is 13.0. The van der Waals surface area contributed by atoms with Crippen LogP contribution in [0.2, 0.25) is 0 Å². The van der Waals surface area contributed by atoms with Crippen molar-refractivity contribution in [2.24, 2.45) is 5.92 Å². The van der Waals surface area contributed by atoms with Crippen LogP contribution in [0.3, 0.4) is 0 Å². The Morgan fingerprint density at radius 2 is 2.12 bits per heavy atom. The van der Waals surface area contributed by atoms with Crippen LogP contribution in [0.4, 0.5) is 0 Å². The molecule has 1 aromatic rings. The Labute approximate surface area is 111 Å². The smallest absolute Gasteiger partial charge is 0.267 e. The van der Waals surface area contributed by atoms with Gasteiger partial charge in [0.15, 0.2) is 0 Å². The number of nitrogens with zero attached hydrogens (tertiary/aromatic N) is 2. The Balaban J connectivity index is 2.59. The molecule has 0 amide bonds. The number of aryl methyl sites for hydroxylation is 1. The fourth-order valence-corrected chi connectivity index (χ4v) is 1.68. The minimum atomic E-state index is -0.0171. The standard InChI is InChI=1S/C12H20BrN3O/c1-8(2)9(3)14-5-6-16-7-15-10(4)11(13)12(16)17/h7-9,14H,5-6H2,1-4H3. The predicted octanol–water partition coefficient (Wildman–Crippen LogP) is 1.95. The molecule has 0 saturated heterocycles. The van der Waals surface area contributed by atoms with Crippen LogP contribution in [0, 0.1) is 12.8 Å². The maximum Gasteiger partial charge on any atom is 0.267 e. The van der Waals surface area contributed by atoms with E-state index >= 15 is 0 Å². The zero-order valence-corrected chi connectivity index (χ0v) is 12.4. The summed E-state index contributed by atoms with van der Waals surface area (Å²) in [6, 6.07) is 0.451. The second-order valence-corrected chi connectivity index (χ2v) is 5.42. The first-order valence-electron chi connectivity index (χ1n) is 5.88. The van der Waals surface area contributed by atoms with E-state index in [0.29, 0.717) is 23.0 Å². The van der Waals surface area contributed by atoms with Gasteiger partial charge in [-0.1, -0.05) is 13.8 Å². The van der Waals surface area contributed by atoms with Gasteiger partial charge >= 0.3 is 0 Å². The summed E-state index contributed by atoms with van der Waals surface area (Å²) in [7, 11) is 0. The molecule has 1 atom stereocenters. The highest BCUT2D eigenvalue weighted by Crippen LogP contribution is 2.05. The van der Waals surface area contributed by atoms with Crippen molar-refractivity contribution in [1.82, 2.24) is 14.9 Å². The van der Waals surface area contributed by atoms with Crippen molar-refractivity contribution in [2.75, 3.05) is 6.54 Å². The van der Waals surface area contributed by atoms with Crippen LogP contribution in [0.25, 0.3) is 0 Å². The Morgan fingerprint density at radius 3 is 2.71 bits per heavy atom. The molecule has 0 saturated carbocycles. The van der Waals surface area contributed by atoms with Crippen LogP contribution in [-0.2, 0) is 6.54 Å². The fraction of sp³-hybridized carbons (Fsp3) is 0.667. The first kappa shape index (κ1) is 14.4.